The molecule has 1 aromatic heterocycles. The van der Waals surface area contributed by atoms with E-state index in [2.05, 4.69) is 32.7 Å². The van der Waals surface area contributed by atoms with Crippen LogP contribution in [0.4, 0.5) is 0 Å². The molecule has 0 aromatic carbocycles. The second-order valence-corrected chi connectivity index (χ2v) is 6.38. The Morgan fingerprint density at radius 3 is 2.50 bits per heavy atom. The molecule has 5 nitrogen and oxygen atoms in total. The van der Waals surface area contributed by atoms with E-state index in [-0.39, 0.29) is 17.8 Å². The van der Waals surface area contributed by atoms with Gasteiger partial charge in [-0.1, -0.05) is 27.7 Å². The molecule has 5 heteroatoms. The Kier molecular flexibility index (Phi) is 5.74. The second kappa shape index (κ2) is 6.88. The Labute approximate surface area is 120 Å². The fraction of sp³-hybridized carbons (Fsp3) is 0.733. The zero-order chi connectivity index (χ0) is 15.3. The molecule has 0 N–H and O–H groups in total. The first-order valence-electron chi connectivity index (χ1n) is 6.82. The molecular formula is C15H25NO4. The quantitative estimate of drug-likeness (QED) is 0.750. The van der Waals surface area contributed by atoms with Crippen LogP contribution in [0.15, 0.2) is 4.42 Å². The van der Waals surface area contributed by atoms with Gasteiger partial charge in [-0.25, -0.2) is 9.78 Å². The van der Waals surface area contributed by atoms with E-state index < -0.39 is 5.97 Å². The fourth-order valence-corrected chi connectivity index (χ4v) is 2.39. The van der Waals surface area contributed by atoms with Crippen molar-refractivity contribution in [1.82, 2.24) is 4.98 Å². The van der Waals surface area contributed by atoms with Crippen molar-refractivity contribution < 1.29 is 18.7 Å². The summed E-state index contributed by atoms with van der Waals surface area (Å²) in [6, 6.07) is 0. The Morgan fingerprint density at radius 1 is 1.35 bits per heavy atom. The third kappa shape index (κ3) is 4.96. The average molecular weight is 283 g/mol. The lowest BCUT2D eigenvalue weighted by Gasteiger charge is -2.22. The minimum Gasteiger partial charge on any atom is -0.463 e. The van der Waals surface area contributed by atoms with E-state index in [9.17, 15) is 4.79 Å². The van der Waals surface area contributed by atoms with Gasteiger partial charge in [-0.15, -0.1) is 0 Å². The van der Waals surface area contributed by atoms with Crippen LogP contribution in [-0.4, -0.2) is 25.2 Å². The zero-order valence-electron chi connectivity index (χ0n) is 13.3. The van der Waals surface area contributed by atoms with Crippen LogP contribution in [0.3, 0.4) is 0 Å². The normalized spacial score (nSPS) is 13.3. The van der Waals surface area contributed by atoms with Crippen molar-refractivity contribution in [1.29, 1.82) is 0 Å². The Balaban J connectivity index is 2.83. The van der Waals surface area contributed by atoms with Crippen LogP contribution in [-0.2, 0) is 22.5 Å². The summed E-state index contributed by atoms with van der Waals surface area (Å²) in [7, 11) is 2.88. The lowest BCUT2D eigenvalue weighted by atomic mass is 9.84. The molecule has 1 atom stereocenters. The van der Waals surface area contributed by atoms with Gasteiger partial charge in [-0.05, 0) is 17.8 Å². The predicted molar refractivity (Wildman–Crippen MR) is 75.5 cm³/mol. The highest BCUT2D eigenvalue weighted by Gasteiger charge is 2.23. The van der Waals surface area contributed by atoms with Crippen LogP contribution in [0.1, 0.15) is 56.3 Å². The molecule has 0 amide bonds. The number of carbonyl (C=O) groups is 1. The molecule has 1 unspecified atom stereocenters. The molecule has 0 spiro atoms. The summed E-state index contributed by atoms with van der Waals surface area (Å²) in [5, 5.41) is 0. The van der Waals surface area contributed by atoms with E-state index in [4.69, 9.17) is 13.9 Å². The summed E-state index contributed by atoms with van der Waals surface area (Å²) in [5.41, 5.74) is 0.754. The van der Waals surface area contributed by atoms with Crippen molar-refractivity contribution >= 4 is 5.97 Å². The van der Waals surface area contributed by atoms with Crippen molar-refractivity contribution in [2.75, 3.05) is 14.2 Å². The molecule has 1 rings (SSSR count). The highest BCUT2D eigenvalue weighted by molar-refractivity contribution is 5.87. The SMILES string of the molecule is COCc1nc(CC(C)CC(C)(C)C)oc1C(=O)OC. The molecule has 1 heterocycles. The summed E-state index contributed by atoms with van der Waals surface area (Å²) in [6.45, 7) is 9.00. The highest BCUT2D eigenvalue weighted by Crippen LogP contribution is 2.27. The summed E-state index contributed by atoms with van der Waals surface area (Å²) in [4.78, 5) is 16.0. The van der Waals surface area contributed by atoms with Crippen molar-refractivity contribution in [3.8, 4) is 0 Å². The lowest BCUT2D eigenvalue weighted by Crippen LogP contribution is -2.12. The Bertz CT molecular complexity index is 445. The smallest absolute Gasteiger partial charge is 0.376 e. The van der Waals surface area contributed by atoms with Crippen LogP contribution in [0, 0.1) is 11.3 Å². The second-order valence-electron chi connectivity index (χ2n) is 6.38. The number of hydrogen-bond acceptors (Lipinski definition) is 5. The van der Waals surface area contributed by atoms with Gasteiger partial charge in [-0.3, -0.25) is 0 Å². The van der Waals surface area contributed by atoms with Crippen LogP contribution >= 0.6 is 0 Å². The van der Waals surface area contributed by atoms with Gasteiger partial charge in [0.25, 0.3) is 0 Å². The number of hydrogen-bond donors (Lipinski definition) is 0. The van der Waals surface area contributed by atoms with Gasteiger partial charge < -0.3 is 13.9 Å². The van der Waals surface area contributed by atoms with Crippen molar-refractivity contribution in [2.24, 2.45) is 11.3 Å². The minimum atomic E-state index is -0.515. The molecule has 0 saturated carbocycles. The van der Waals surface area contributed by atoms with Crippen LogP contribution in [0.25, 0.3) is 0 Å². The van der Waals surface area contributed by atoms with Gasteiger partial charge in [0.05, 0.1) is 13.7 Å². The maximum absolute atomic E-state index is 11.6. The third-order valence-electron chi connectivity index (χ3n) is 2.88. The molecule has 0 radical (unpaired) electrons. The van der Waals surface area contributed by atoms with E-state index in [1.54, 1.807) is 7.11 Å². The van der Waals surface area contributed by atoms with Crippen molar-refractivity contribution in [3.05, 3.63) is 17.3 Å². The first kappa shape index (κ1) is 16.7. The predicted octanol–water partition coefficient (Wildman–Crippen LogP) is 3.22. The molecule has 20 heavy (non-hydrogen) atoms. The van der Waals surface area contributed by atoms with Gasteiger partial charge >= 0.3 is 5.97 Å². The van der Waals surface area contributed by atoms with Crippen LogP contribution < -0.4 is 0 Å². The number of rotatable bonds is 6. The largest absolute Gasteiger partial charge is 0.463 e. The number of nitrogens with zero attached hydrogens (tertiary/aromatic N) is 1. The van der Waals surface area contributed by atoms with Crippen molar-refractivity contribution in [3.63, 3.8) is 0 Å². The molecule has 1 aromatic rings. The van der Waals surface area contributed by atoms with E-state index in [1.165, 1.54) is 7.11 Å². The van der Waals surface area contributed by atoms with E-state index in [0.717, 1.165) is 6.42 Å². The van der Waals surface area contributed by atoms with E-state index in [1.807, 2.05) is 0 Å². The van der Waals surface area contributed by atoms with E-state index >= 15 is 0 Å². The fourth-order valence-electron chi connectivity index (χ4n) is 2.39. The summed E-state index contributed by atoms with van der Waals surface area (Å²) < 4.78 is 15.3. The monoisotopic (exact) mass is 283 g/mol. The summed E-state index contributed by atoms with van der Waals surface area (Å²) in [5.74, 6) is 0.621. The molecule has 0 aliphatic carbocycles. The third-order valence-corrected chi connectivity index (χ3v) is 2.88. The number of aromatic nitrogens is 1. The molecule has 0 bridgehead atoms. The standard InChI is InChI=1S/C15H25NO4/c1-10(8-15(2,3)4)7-12-16-11(9-18-5)13(20-12)14(17)19-6/h10H,7-9H2,1-6H3. The van der Waals surface area contributed by atoms with E-state index in [0.29, 0.717) is 23.9 Å². The molecule has 0 saturated heterocycles. The number of esters is 1. The Morgan fingerprint density at radius 2 is 2.00 bits per heavy atom. The topological polar surface area (TPSA) is 61.6 Å². The van der Waals surface area contributed by atoms with Crippen LogP contribution in [0.5, 0.6) is 0 Å². The molecule has 0 aliphatic heterocycles. The summed E-state index contributed by atoms with van der Waals surface area (Å²) >= 11 is 0. The first-order chi connectivity index (χ1) is 9.26. The maximum atomic E-state index is 11.6. The van der Waals surface area contributed by atoms with Gasteiger partial charge in [0.15, 0.2) is 5.89 Å². The molecule has 0 aliphatic rings. The molecular weight excluding hydrogens is 258 g/mol. The van der Waals surface area contributed by atoms with Crippen LogP contribution in [0.2, 0.25) is 0 Å². The number of oxazole rings is 1. The Hall–Kier alpha value is -1.36. The van der Waals surface area contributed by atoms with Gasteiger partial charge in [0.2, 0.25) is 5.76 Å². The summed E-state index contributed by atoms with van der Waals surface area (Å²) in [6.07, 6.45) is 1.76. The minimum absolute atomic E-state index is 0.146. The average Bonchev–Trinajstić information content (AvgIpc) is 2.69. The number of ether oxygens (including phenoxy) is 2. The molecule has 114 valence electrons. The molecule has 0 fully saturated rings. The number of methoxy groups -OCH3 is 2. The maximum Gasteiger partial charge on any atom is 0.376 e. The first-order valence-corrected chi connectivity index (χ1v) is 6.82. The zero-order valence-corrected chi connectivity index (χ0v) is 13.3. The number of carbonyl (C=O) groups excluding carboxylic acids is 1. The van der Waals surface area contributed by atoms with Gasteiger partial charge in [-0.2, -0.15) is 0 Å². The van der Waals surface area contributed by atoms with Gasteiger partial charge in [0, 0.05) is 13.5 Å². The highest BCUT2D eigenvalue weighted by atomic mass is 16.5. The van der Waals surface area contributed by atoms with Crippen molar-refractivity contribution in [2.45, 2.75) is 47.1 Å². The lowest BCUT2D eigenvalue weighted by molar-refractivity contribution is 0.0556. The van der Waals surface area contributed by atoms with Gasteiger partial charge in [0.1, 0.15) is 5.69 Å².